The summed E-state index contributed by atoms with van der Waals surface area (Å²) in [6.45, 7) is 0.441. The Balaban J connectivity index is 1.24. The van der Waals surface area contributed by atoms with Gasteiger partial charge in [-0.25, -0.2) is 9.59 Å². The van der Waals surface area contributed by atoms with Crippen molar-refractivity contribution in [2.75, 3.05) is 33.5 Å². The van der Waals surface area contributed by atoms with Gasteiger partial charge in [-0.15, -0.1) is 0 Å². The number of carboxylic acid groups (broad SMARTS) is 1. The average molecular weight is 469 g/mol. The van der Waals surface area contributed by atoms with E-state index in [1.165, 1.54) is 7.11 Å². The molecule has 3 atom stereocenters. The lowest BCUT2D eigenvalue weighted by atomic mass is 9.98. The van der Waals surface area contributed by atoms with Gasteiger partial charge in [0.1, 0.15) is 6.61 Å². The van der Waals surface area contributed by atoms with E-state index in [9.17, 15) is 14.4 Å². The Morgan fingerprint density at radius 1 is 1.09 bits per heavy atom. The molecule has 1 aliphatic heterocycles. The molecule has 1 heterocycles. The van der Waals surface area contributed by atoms with Crippen molar-refractivity contribution < 1.29 is 33.7 Å². The van der Waals surface area contributed by atoms with Gasteiger partial charge in [0.15, 0.2) is 6.04 Å². The highest BCUT2D eigenvalue weighted by Crippen LogP contribution is 2.44. The highest BCUT2D eigenvalue weighted by Gasteiger charge is 2.33. The van der Waals surface area contributed by atoms with Crippen LogP contribution in [0.5, 0.6) is 0 Å². The molecule has 1 aliphatic carbocycles. The summed E-state index contributed by atoms with van der Waals surface area (Å²) >= 11 is 0. The minimum atomic E-state index is -1.16. The molecular weight excluding hydrogens is 440 g/mol. The maximum atomic E-state index is 12.3. The molecule has 0 saturated carbocycles. The molecule has 9 heteroatoms. The first-order chi connectivity index (χ1) is 16.5. The van der Waals surface area contributed by atoms with Gasteiger partial charge in [-0.05, 0) is 28.7 Å². The van der Waals surface area contributed by atoms with E-state index in [1.807, 2.05) is 24.3 Å². The van der Waals surface area contributed by atoms with Gasteiger partial charge >= 0.3 is 12.1 Å². The number of carbonyl (C=O) groups is 3. The van der Waals surface area contributed by atoms with Crippen molar-refractivity contribution in [2.24, 2.45) is 5.92 Å². The first kappa shape index (κ1) is 23.7. The number of aliphatic carboxylic acids is 1. The first-order valence-electron chi connectivity index (χ1n) is 11.2. The van der Waals surface area contributed by atoms with E-state index >= 15 is 0 Å². The number of ether oxygens (including phenoxy) is 3. The van der Waals surface area contributed by atoms with Crippen LogP contribution in [0.25, 0.3) is 11.1 Å². The first-order valence-corrected chi connectivity index (χ1v) is 11.2. The van der Waals surface area contributed by atoms with Crippen LogP contribution in [0.2, 0.25) is 0 Å². The van der Waals surface area contributed by atoms with Crippen molar-refractivity contribution in [1.82, 2.24) is 10.6 Å². The number of methoxy groups -OCH3 is 1. The fourth-order valence-electron chi connectivity index (χ4n) is 4.51. The van der Waals surface area contributed by atoms with Gasteiger partial charge in [0, 0.05) is 19.6 Å². The molecule has 2 aromatic carbocycles. The highest BCUT2D eigenvalue weighted by molar-refractivity contribution is 5.85. The molecule has 1 saturated heterocycles. The lowest BCUT2D eigenvalue weighted by Gasteiger charge is -2.16. The van der Waals surface area contributed by atoms with Gasteiger partial charge in [-0.3, -0.25) is 4.79 Å². The van der Waals surface area contributed by atoms with Crippen LogP contribution in [0.15, 0.2) is 48.5 Å². The maximum Gasteiger partial charge on any atom is 0.407 e. The summed E-state index contributed by atoms with van der Waals surface area (Å²) in [6, 6.07) is 15.1. The third kappa shape index (κ3) is 5.21. The van der Waals surface area contributed by atoms with Crippen LogP contribution in [0.4, 0.5) is 4.79 Å². The Labute approximate surface area is 197 Å². The fraction of sp³-hybridized carbons (Fsp3) is 0.400. The van der Waals surface area contributed by atoms with E-state index in [-0.39, 0.29) is 38.4 Å². The molecule has 0 aromatic heterocycles. The maximum absolute atomic E-state index is 12.3. The standard InChI is InChI=1S/C25H28N2O7/c1-32-14-22(24(29)30)27-23(28)15-10-16(33-12-15)11-26-25(31)34-13-21-19-8-4-2-6-17(19)18-7-3-5-9-20(18)21/h2-9,15-16,21-22H,10-14H2,1H3,(H,26,31)(H,27,28)(H,29,30)/t15-,16-,22-/m0/s1. The van der Waals surface area contributed by atoms with E-state index in [0.717, 1.165) is 22.3 Å². The molecule has 9 nitrogen and oxygen atoms in total. The number of carboxylic acids is 1. The van der Waals surface area contributed by atoms with Gasteiger partial charge in [0.05, 0.1) is 25.2 Å². The molecule has 180 valence electrons. The van der Waals surface area contributed by atoms with E-state index < -0.39 is 29.9 Å². The van der Waals surface area contributed by atoms with E-state index in [0.29, 0.717) is 6.42 Å². The molecule has 34 heavy (non-hydrogen) atoms. The van der Waals surface area contributed by atoms with Crippen LogP contribution in [0.1, 0.15) is 23.5 Å². The number of benzene rings is 2. The molecule has 2 aliphatic rings. The number of nitrogens with one attached hydrogen (secondary N) is 2. The zero-order valence-electron chi connectivity index (χ0n) is 18.9. The molecule has 2 amide bonds. The lowest BCUT2D eigenvalue weighted by molar-refractivity contribution is -0.144. The van der Waals surface area contributed by atoms with Gasteiger partial charge in [-0.2, -0.15) is 0 Å². The van der Waals surface area contributed by atoms with Crippen molar-refractivity contribution in [3.8, 4) is 11.1 Å². The Kier molecular flexibility index (Phi) is 7.44. The van der Waals surface area contributed by atoms with Crippen LogP contribution < -0.4 is 10.6 Å². The molecule has 2 aromatic rings. The normalized spacial score (nSPS) is 19.7. The number of carbonyl (C=O) groups excluding carboxylic acids is 2. The average Bonchev–Trinajstić information content (AvgIpc) is 3.44. The topological polar surface area (TPSA) is 123 Å². The molecule has 0 unspecified atom stereocenters. The van der Waals surface area contributed by atoms with Gasteiger partial charge < -0.3 is 30.0 Å². The lowest BCUT2D eigenvalue weighted by Crippen LogP contribution is -2.46. The van der Waals surface area contributed by atoms with Gasteiger partial charge in [0.25, 0.3) is 0 Å². The molecular formula is C25H28N2O7. The second kappa shape index (κ2) is 10.7. The number of fused-ring (bicyclic) bond motifs is 3. The summed E-state index contributed by atoms with van der Waals surface area (Å²) in [7, 11) is 1.37. The summed E-state index contributed by atoms with van der Waals surface area (Å²) in [5.74, 6) is -2.09. The van der Waals surface area contributed by atoms with Crippen LogP contribution in [0, 0.1) is 5.92 Å². The smallest absolute Gasteiger partial charge is 0.407 e. The van der Waals surface area contributed by atoms with Crippen molar-refractivity contribution in [1.29, 1.82) is 0 Å². The van der Waals surface area contributed by atoms with Crippen molar-refractivity contribution in [3.05, 3.63) is 59.7 Å². The Hall–Kier alpha value is -3.43. The predicted octanol–water partition coefficient (Wildman–Crippen LogP) is 2.15. The van der Waals surface area contributed by atoms with E-state index in [1.54, 1.807) is 0 Å². The summed E-state index contributed by atoms with van der Waals surface area (Å²) < 4.78 is 15.9. The number of rotatable bonds is 9. The summed E-state index contributed by atoms with van der Waals surface area (Å²) in [4.78, 5) is 35.9. The van der Waals surface area contributed by atoms with Gasteiger partial charge in [-0.1, -0.05) is 48.5 Å². The third-order valence-corrected chi connectivity index (χ3v) is 6.22. The Bertz CT molecular complexity index is 1010. The molecule has 4 rings (SSSR count). The van der Waals surface area contributed by atoms with Gasteiger partial charge in [0.2, 0.25) is 5.91 Å². The zero-order valence-corrected chi connectivity index (χ0v) is 18.9. The third-order valence-electron chi connectivity index (χ3n) is 6.22. The SMILES string of the molecule is COC[C@H](NC(=O)[C@@H]1CO[C@H](CNC(=O)OCC2c3ccccc3-c3ccccc32)C1)C(=O)O. The van der Waals surface area contributed by atoms with Crippen LogP contribution in [-0.2, 0) is 23.8 Å². The molecule has 0 radical (unpaired) electrons. The Morgan fingerprint density at radius 3 is 2.35 bits per heavy atom. The molecule has 0 spiro atoms. The number of alkyl carbamates (subject to hydrolysis) is 1. The second-order valence-corrected chi connectivity index (χ2v) is 8.45. The van der Waals surface area contributed by atoms with E-state index in [4.69, 9.17) is 19.3 Å². The predicted molar refractivity (Wildman–Crippen MR) is 122 cm³/mol. The number of amides is 2. The van der Waals surface area contributed by atoms with Crippen LogP contribution >= 0.6 is 0 Å². The Morgan fingerprint density at radius 2 is 1.74 bits per heavy atom. The number of hydrogen-bond acceptors (Lipinski definition) is 6. The zero-order chi connectivity index (χ0) is 24.1. The largest absolute Gasteiger partial charge is 0.480 e. The van der Waals surface area contributed by atoms with Crippen LogP contribution in [-0.4, -0.2) is 68.7 Å². The van der Waals surface area contributed by atoms with E-state index in [2.05, 4.69) is 34.9 Å². The van der Waals surface area contributed by atoms with Crippen LogP contribution in [0.3, 0.4) is 0 Å². The summed E-state index contributed by atoms with van der Waals surface area (Å²) in [5, 5.41) is 14.3. The van der Waals surface area contributed by atoms with Crippen molar-refractivity contribution in [2.45, 2.75) is 24.5 Å². The minimum absolute atomic E-state index is 0.0248. The highest BCUT2D eigenvalue weighted by atomic mass is 16.5. The van der Waals surface area contributed by atoms with Crippen molar-refractivity contribution >= 4 is 18.0 Å². The second-order valence-electron chi connectivity index (χ2n) is 8.45. The molecule has 3 N–H and O–H groups in total. The van der Waals surface area contributed by atoms with Crippen molar-refractivity contribution in [3.63, 3.8) is 0 Å². The fourth-order valence-corrected chi connectivity index (χ4v) is 4.51. The summed E-state index contributed by atoms with van der Waals surface area (Å²) in [6.07, 6.45) is -0.541. The number of hydrogen-bond donors (Lipinski definition) is 3. The monoisotopic (exact) mass is 468 g/mol. The molecule has 1 fully saturated rings. The summed E-state index contributed by atoms with van der Waals surface area (Å²) in [5.41, 5.74) is 4.59. The minimum Gasteiger partial charge on any atom is -0.480 e. The quantitative estimate of drug-likeness (QED) is 0.515. The molecule has 0 bridgehead atoms.